The zero-order chi connectivity index (χ0) is 21.5. The second-order valence-corrected chi connectivity index (χ2v) is 8.55. The first-order chi connectivity index (χ1) is 13.6. The van der Waals surface area contributed by atoms with Gasteiger partial charge in [-0.15, -0.1) is 0 Å². The van der Waals surface area contributed by atoms with Gasteiger partial charge in [0.15, 0.2) is 5.96 Å². The topological polar surface area (TPSA) is 87.6 Å². The molecule has 0 aliphatic heterocycles. The molecule has 0 saturated carbocycles. The molecule has 0 unspecified atom stereocenters. The Labute approximate surface area is 173 Å². The normalized spacial score (nSPS) is 12.6. The Morgan fingerprint density at radius 3 is 2.52 bits per heavy atom. The summed E-state index contributed by atoms with van der Waals surface area (Å²) in [4.78, 5) is 21.2. The summed E-state index contributed by atoms with van der Waals surface area (Å²) in [6, 6.07) is 10.0. The van der Waals surface area contributed by atoms with Crippen LogP contribution in [-0.2, 0) is 11.3 Å². The van der Waals surface area contributed by atoms with Crippen molar-refractivity contribution < 1.29 is 9.53 Å². The molecule has 2 rings (SSSR count). The van der Waals surface area contributed by atoms with E-state index in [-0.39, 0.29) is 0 Å². The molecule has 1 aromatic heterocycles. The summed E-state index contributed by atoms with van der Waals surface area (Å²) in [6.45, 7) is 13.2. The second kappa shape index (κ2) is 9.58. The molecule has 0 bridgehead atoms. The van der Waals surface area contributed by atoms with Crippen molar-refractivity contribution in [1.82, 2.24) is 20.9 Å². The van der Waals surface area contributed by atoms with Crippen LogP contribution in [0.25, 0.3) is 10.9 Å². The van der Waals surface area contributed by atoms with Gasteiger partial charge in [0.2, 0.25) is 0 Å². The number of hydrogen-bond acceptors (Lipinski definition) is 4. The predicted octanol–water partition coefficient (Wildman–Crippen LogP) is 3.59. The second-order valence-electron chi connectivity index (χ2n) is 8.55. The van der Waals surface area contributed by atoms with Gasteiger partial charge < -0.3 is 20.7 Å². The SMILES string of the molecule is CCNC(=NCc1ccnc2ccccc12)NCC(C)(C)NC(=O)OC(C)(C)C. The predicted molar refractivity (Wildman–Crippen MR) is 118 cm³/mol. The summed E-state index contributed by atoms with van der Waals surface area (Å²) in [5.41, 5.74) is 1.03. The van der Waals surface area contributed by atoms with E-state index in [0.29, 0.717) is 19.0 Å². The molecular formula is C22H33N5O2. The van der Waals surface area contributed by atoms with Crippen molar-refractivity contribution in [2.24, 2.45) is 4.99 Å². The first kappa shape index (κ1) is 22.5. The molecule has 1 heterocycles. The molecule has 1 amide bonds. The Morgan fingerprint density at radius 1 is 1.10 bits per heavy atom. The molecule has 0 radical (unpaired) electrons. The summed E-state index contributed by atoms with van der Waals surface area (Å²) in [5, 5.41) is 10.5. The van der Waals surface area contributed by atoms with Gasteiger partial charge in [0.05, 0.1) is 17.6 Å². The van der Waals surface area contributed by atoms with Crippen LogP contribution in [-0.4, -0.2) is 41.3 Å². The lowest BCUT2D eigenvalue weighted by molar-refractivity contribution is 0.0474. The van der Waals surface area contributed by atoms with Crippen LogP contribution < -0.4 is 16.0 Å². The minimum absolute atomic E-state index is 0.436. The van der Waals surface area contributed by atoms with Crippen molar-refractivity contribution in [2.45, 2.75) is 59.2 Å². The molecule has 0 fully saturated rings. The zero-order valence-electron chi connectivity index (χ0n) is 18.3. The van der Waals surface area contributed by atoms with Crippen molar-refractivity contribution in [3.8, 4) is 0 Å². The molecule has 2 aromatic rings. The van der Waals surface area contributed by atoms with E-state index in [4.69, 9.17) is 9.73 Å². The van der Waals surface area contributed by atoms with Gasteiger partial charge in [-0.25, -0.2) is 9.79 Å². The molecule has 7 nitrogen and oxygen atoms in total. The highest BCUT2D eigenvalue weighted by Crippen LogP contribution is 2.16. The molecule has 0 spiro atoms. The molecule has 0 aliphatic rings. The summed E-state index contributed by atoms with van der Waals surface area (Å²) in [6.07, 6.45) is 1.37. The van der Waals surface area contributed by atoms with Gasteiger partial charge in [-0.05, 0) is 59.2 Å². The maximum atomic E-state index is 12.1. The number of aromatic nitrogens is 1. The maximum Gasteiger partial charge on any atom is 0.408 e. The van der Waals surface area contributed by atoms with Crippen molar-refractivity contribution >= 4 is 23.0 Å². The number of fused-ring (bicyclic) bond motifs is 1. The lowest BCUT2D eigenvalue weighted by Gasteiger charge is -2.29. The lowest BCUT2D eigenvalue weighted by atomic mass is 10.1. The van der Waals surface area contributed by atoms with E-state index in [1.807, 2.05) is 65.8 Å². The van der Waals surface area contributed by atoms with Gasteiger partial charge in [0.25, 0.3) is 0 Å². The number of carbonyl (C=O) groups is 1. The van der Waals surface area contributed by atoms with Crippen LogP contribution in [0.2, 0.25) is 0 Å². The van der Waals surface area contributed by atoms with E-state index in [0.717, 1.165) is 23.0 Å². The average molecular weight is 400 g/mol. The van der Waals surface area contributed by atoms with Crippen molar-refractivity contribution in [3.63, 3.8) is 0 Å². The molecule has 0 aliphatic carbocycles. The monoisotopic (exact) mass is 399 g/mol. The molecule has 7 heteroatoms. The average Bonchev–Trinajstić information content (AvgIpc) is 2.62. The molecule has 0 atom stereocenters. The molecule has 3 N–H and O–H groups in total. The third-order valence-corrected chi connectivity index (χ3v) is 4.03. The molecular weight excluding hydrogens is 366 g/mol. The Balaban J connectivity index is 2.02. The van der Waals surface area contributed by atoms with Crippen LogP contribution in [0.4, 0.5) is 4.79 Å². The van der Waals surface area contributed by atoms with Gasteiger partial charge >= 0.3 is 6.09 Å². The Hall–Kier alpha value is -2.83. The van der Waals surface area contributed by atoms with E-state index in [1.165, 1.54) is 0 Å². The van der Waals surface area contributed by atoms with Crippen molar-refractivity contribution in [2.75, 3.05) is 13.1 Å². The molecule has 158 valence electrons. The smallest absolute Gasteiger partial charge is 0.408 e. The molecule has 1 aromatic carbocycles. The molecule has 29 heavy (non-hydrogen) atoms. The van der Waals surface area contributed by atoms with Crippen LogP contribution in [0.1, 0.15) is 47.1 Å². The van der Waals surface area contributed by atoms with Crippen LogP contribution >= 0.6 is 0 Å². The minimum Gasteiger partial charge on any atom is -0.444 e. The number of carbonyl (C=O) groups excluding carboxylic acids is 1. The number of nitrogens with one attached hydrogen (secondary N) is 3. The van der Waals surface area contributed by atoms with Gasteiger partial charge in [-0.2, -0.15) is 0 Å². The number of ether oxygens (including phenoxy) is 1. The number of pyridine rings is 1. The molecule has 0 saturated heterocycles. The summed E-state index contributed by atoms with van der Waals surface area (Å²) in [5.74, 6) is 0.687. The van der Waals surface area contributed by atoms with E-state index in [1.54, 1.807) is 6.20 Å². The van der Waals surface area contributed by atoms with Gasteiger partial charge in [0, 0.05) is 24.7 Å². The Morgan fingerprint density at radius 2 is 1.83 bits per heavy atom. The number of amides is 1. The summed E-state index contributed by atoms with van der Waals surface area (Å²) in [7, 11) is 0. The van der Waals surface area contributed by atoms with E-state index in [2.05, 4.69) is 27.0 Å². The first-order valence-corrected chi connectivity index (χ1v) is 9.95. The highest BCUT2D eigenvalue weighted by atomic mass is 16.6. The zero-order valence-corrected chi connectivity index (χ0v) is 18.3. The number of rotatable bonds is 6. The third-order valence-electron chi connectivity index (χ3n) is 4.03. The van der Waals surface area contributed by atoms with Gasteiger partial charge in [-0.1, -0.05) is 18.2 Å². The number of nitrogens with zero attached hydrogens (tertiary/aromatic N) is 2. The minimum atomic E-state index is -0.530. The van der Waals surface area contributed by atoms with Crippen molar-refractivity contribution in [3.05, 3.63) is 42.1 Å². The number of aliphatic imine (C=N–C) groups is 1. The Bertz CT molecular complexity index is 850. The van der Waals surface area contributed by atoms with Gasteiger partial charge in [0.1, 0.15) is 5.60 Å². The van der Waals surface area contributed by atoms with E-state index in [9.17, 15) is 4.79 Å². The summed E-state index contributed by atoms with van der Waals surface area (Å²) < 4.78 is 5.34. The van der Waals surface area contributed by atoms with Crippen LogP contribution in [0.3, 0.4) is 0 Å². The quantitative estimate of drug-likeness (QED) is 0.510. The Kier molecular flexibility index (Phi) is 7.42. The number of alkyl carbamates (subject to hydrolysis) is 1. The highest BCUT2D eigenvalue weighted by Gasteiger charge is 2.24. The maximum absolute atomic E-state index is 12.1. The fraction of sp³-hybridized carbons (Fsp3) is 0.500. The number of hydrogen-bond donors (Lipinski definition) is 3. The van der Waals surface area contributed by atoms with E-state index < -0.39 is 17.2 Å². The fourth-order valence-electron chi connectivity index (χ4n) is 2.73. The van der Waals surface area contributed by atoms with Crippen LogP contribution in [0, 0.1) is 0 Å². The number of benzene rings is 1. The van der Waals surface area contributed by atoms with Crippen LogP contribution in [0.5, 0.6) is 0 Å². The fourth-order valence-corrected chi connectivity index (χ4v) is 2.73. The highest BCUT2D eigenvalue weighted by molar-refractivity contribution is 5.83. The number of guanidine groups is 1. The third kappa shape index (κ3) is 7.60. The number of para-hydroxylation sites is 1. The van der Waals surface area contributed by atoms with Crippen LogP contribution in [0.15, 0.2) is 41.5 Å². The van der Waals surface area contributed by atoms with Crippen molar-refractivity contribution in [1.29, 1.82) is 0 Å². The summed E-state index contributed by atoms with van der Waals surface area (Å²) >= 11 is 0. The standard InChI is InChI=1S/C22H33N5O2/c1-7-23-19(26-15-22(5,6)27-20(28)29-21(2,3)4)25-14-16-12-13-24-18-11-9-8-10-17(16)18/h8-13H,7,14-15H2,1-6H3,(H,27,28)(H2,23,25,26). The van der Waals surface area contributed by atoms with E-state index >= 15 is 0 Å². The lowest BCUT2D eigenvalue weighted by Crippen LogP contribution is -2.54. The largest absolute Gasteiger partial charge is 0.444 e. The first-order valence-electron chi connectivity index (χ1n) is 9.95. The van der Waals surface area contributed by atoms with Gasteiger partial charge in [-0.3, -0.25) is 4.98 Å².